The second-order valence-corrected chi connectivity index (χ2v) is 6.67. The first-order valence-corrected chi connectivity index (χ1v) is 7.91. The molecule has 5 unspecified atom stereocenters. The first-order chi connectivity index (χ1) is 12.5. The number of halogens is 15. The minimum atomic E-state index is -7.96. The molecule has 0 radical (unpaired) electrons. The predicted octanol–water partition coefficient (Wildman–Crippen LogP) is 0.990. The average molecular weight is 530 g/mol. The minimum Gasteiger partial charge on any atom is -0.746 e. The molecule has 20 heteroatoms. The third-order valence-corrected chi connectivity index (χ3v) is 4.05. The van der Waals surface area contributed by atoms with Crippen LogP contribution >= 0.6 is 0 Å². The molecule has 0 saturated carbocycles. The molecule has 0 aliphatic heterocycles. The molecule has 0 amide bonds. The summed E-state index contributed by atoms with van der Waals surface area (Å²) in [6, 6.07) is 0. The van der Waals surface area contributed by atoms with E-state index in [-0.39, 0.29) is 51.4 Å². The van der Waals surface area contributed by atoms with E-state index in [9.17, 15) is 78.8 Å². The molecular formula is C10H6F15KO3S. The summed E-state index contributed by atoms with van der Waals surface area (Å²) in [4.78, 5) is 0. The summed E-state index contributed by atoms with van der Waals surface area (Å²) in [5, 5.41) is 0. The largest absolute Gasteiger partial charge is 1.00 e. The van der Waals surface area contributed by atoms with Gasteiger partial charge in [0.25, 0.3) is 11.9 Å². The first-order valence-electron chi connectivity index (χ1n) is 6.44. The summed E-state index contributed by atoms with van der Waals surface area (Å²) in [7, 11) is -7.21. The van der Waals surface area contributed by atoms with Crippen LogP contribution in [0, 0.1) is 0 Å². The van der Waals surface area contributed by atoms with Gasteiger partial charge in [-0.25, -0.2) is 39.2 Å². The van der Waals surface area contributed by atoms with Crippen LogP contribution in [0.15, 0.2) is 0 Å². The summed E-state index contributed by atoms with van der Waals surface area (Å²) in [6.45, 7) is 0. The van der Waals surface area contributed by atoms with E-state index in [4.69, 9.17) is 0 Å². The third kappa shape index (κ3) is 5.70. The Kier molecular flexibility index (Phi) is 11.1. The van der Waals surface area contributed by atoms with E-state index in [1.54, 1.807) is 0 Å². The Morgan fingerprint density at radius 2 is 0.933 bits per heavy atom. The monoisotopic (exact) mass is 530 g/mol. The Morgan fingerprint density at radius 1 is 0.600 bits per heavy atom. The van der Waals surface area contributed by atoms with Gasteiger partial charge in [-0.1, -0.05) is 0 Å². The SMILES string of the molecule is O=S(=O)([O-])C(F)C(F)(F)C(F)(F)C(F)(F)C(F)(F)C(F)C(F)C(F)C(F)C(F)F.[K+]. The second-order valence-electron chi connectivity index (χ2n) is 5.27. The van der Waals surface area contributed by atoms with Gasteiger partial charge in [0.05, 0.1) is 0 Å². The molecule has 0 bridgehead atoms. The van der Waals surface area contributed by atoms with Crippen LogP contribution in [0.2, 0.25) is 0 Å². The molecule has 0 aliphatic carbocycles. The Hall–Kier alpha value is 0.496. The molecule has 0 aromatic heterocycles. The van der Waals surface area contributed by atoms with Crippen molar-refractivity contribution in [2.24, 2.45) is 0 Å². The minimum absolute atomic E-state index is 0. The van der Waals surface area contributed by atoms with Crippen molar-refractivity contribution < 1.29 is 130 Å². The van der Waals surface area contributed by atoms with Crippen molar-refractivity contribution in [3.63, 3.8) is 0 Å². The van der Waals surface area contributed by atoms with Gasteiger partial charge in [-0.15, -0.1) is 0 Å². The molecule has 0 saturated heterocycles. The van der Waals surface area contributed by atoms with Crippen molar-refractivity contribution in [1.29, 1.82) is 0 Å². The fourth-order valence-corrected chi connectivity index (χ4v) is 2.10. The van der Waals surface area contributed by atoms with Gasteiger partial charge < -0.3 is 4.55 Å². The Balaban J connectivity index is 0. The van der Waals surface area contributed by atoms with E-state index in [1.165, 1.54) is 0 Å². The van der Waals surface area contributed by atoms with Crippen molar-refractivity contribution in [3.05, 3.63) is 0 Å². The van der Waals surface area contributed by atoms with Crippen molar-refractivity contribution in [1.82, 2.24) is 0 Å². The van der Waals surface area contributed by atoms with Crippen LogP contribution in [0.4, 0.5) is 65.9 Å². The maximum Gasteiger partial charge on any atom is 1.00 e. The standard InChI is InChI=1S/C10H7F15O3S.K/c11-1(3(13)5(15)16)2(12)4(14)7(18,19)9(22,23)10(24,25)8(20,21)6(17)29(26,27)28;/h1-6H,(H,26,27,28);/q;+1/p-1. The van der Waals surface area contributed by atoms with E-state index in [1.807, 2.05) is 0 Å². The topological polar surface area (TPSA) is 57.2 Å². The summed E-state index contributed by atoms with van der Waals surface area (Å²) in [5.41, 5.74) is -5.80. The normalized spacial score (nSPS) is 19.6. The molecule has 0 aliphatic rings. The Morgan fingerprint density at radius 3 is 1.23 bits per heavy atom. The number of alkyl halides is 15. The summed E-state index contributed by atoms with van der Waals surface area (Å²) < 4.78 is 223. The third-order valence-electron chi connectivity index (χ3n) is 3.25. The van der Waals surface area contributed by atoms with Gasteiger partial charge in [-0.3, -0.25) is 0 Å². The van der Waals surface area contributed by atoms with E-state index in [2.05, 4.69) is 0 Å². The van der Waals surface area contributed by atoms with Crippen LogP contribution in [-0.4, -0.2) is 73.3 Å². The molecule has 0 spiro atoms. The Bertz CT molecular complexity index is 672. The van der Waals surface area contributed by atoms with E-state index < -0.39 is 70.4 Å². The molecule has 3 nitrogen and oxygen atoms in total. The summed E-state index contributed by atoms with van der Waals surface area (Å²) >= 11 is 0. The van der Waals surface area contributed by atoms with Crippen molar-refractivity contribution in [3.8, 4) is 0 Å². The van der Waals surface area contributed by atoms with E-state index >= 15 is 0 Å². The molecule has 0 aromatic rings. The van der Waals surface area contributed by atoms with Crippen molar-refractivity contribution >= 4 is 10.1 Å². The molecular weight excluding hydrogens is 524 g/mol. The molecule has 0 N–H and O–H groups in total. The van der Waals surface area contributed by atoms with E-state index in [0.29, 0.717) is 0 Å². The second kappa shape index (κ2) is 10.2. The average Bonchev–Trinajstić information content (AvgIpc) is 2.56. The maximum absolute atomic E-state index is 13.3. The zero-order chi connectivity index (χ0) is 24.0. The molecule has 0 aromatic carbocycles. The van der Waals surface area contributed by atoms with Gasteiger partial charge in [-0.2, -0.15) is 35.1 Å². The Labute approximate surface area is 199 Å². The van der Waals surface area contributed by atoms with Gasteiger partial charge >= 0.3 is 75.1 Å². The fraction of sp³-hybridized carbons (Fsp3) is 1.00. The van der Waals surface area contributed by atoms with Gasteiger partial charge in [0.15, 0.2) is 18.5 Å². The zero-order valence-electron chi connectivity index (χ0n) is 13.8. The van der Waals surface area contributed by atoms with Crippen LogP contribution in [0.5, 0.6) is 0 Å². The van der Waals surface area contributed by atoms with Crippen LogP contribution in [0.1, 0.15) is 0 Å². The smallest absolute Gasteiger partial charge is 0.746 e. The molecule has 30 heavy (non-hydrogen) atoms. The zero-order valence-corrected chi connectivity index (χ0v) is 17.7. The summed E-state index contributed by atoms with van der Waals surface area (Å²) in [5.74, 6) is -30.9. The van der Waals surface area contributed by atoms with Gasteiger partial charge in [0.1, 0.15) is 10.1 Å². The van der Waals surface area contributed by atoms with Gasteiger partial charge in [-0.05, 0) is 0 Å². The molecule has 0 fully saturated rings. The predicted molar refractivity (Wildman–Crippen MR) is 60.0 cm³/mol. The van der Waals surface area contributed by atoms with Crippen LogP contribution in [0.3, 0.4) is 0 Å². The quantitative estimate of drug-likeness (QED) is 0.241. The van der Waals surface area contributed by atoms with Crippen molar-refractivity contribution in [2.45, 2.75) is 60.3 Å². The fourth-order valence-electron chi connectivity index (χ4n) is 1.59. The maximum atomic E-state index is 13.3. The molecule has 0 rings (SSSR count). The van der Waals surface area contributed by atoms with Gasteiger partial charge in [0, 0.05) is 0 Å². The van der Waals surface area contributed by atoms with Gasteiger partial charge in [0.2, 0.25) is 6.17 Å². The van der Waals surface area contributed by atoms with Crippen molar-refractivity contribution in [2.75, 3.05) is 0 Å². The summed E-state index contributed by atoms with van der Waals surface area (Å²) in [6.07, 6.45) is -24.4. The van der Waals surface area contributed by atoms with Crippen LogP contribution in [0.25, 0.3) is 0 Å². The van der Waals surface area contributed by atoms with Crippen LogP contribution < -0.4 is 51.4 Å². The van der Waals surface area contributed by atoms with E-state index in [0.717, 1.165) is 0 Å². The molecule has 0 heterocycles. The first kappa shape index (κ1) is 32.7. The van der Waals surface area contributed by atoms with Crippen LogP contribution in [-0.2, 0) is 10.1 Å². The number of hydrogen-bond donors (Lipinski definition) is 0. The number of hydrogen-bond acceptors (Lipinski definition) is 3. The molecule has 176 valence electrons. The number of rotatable bonds is 10. The molecule has 5 atom stereocenters.